The molecule has 0 fully saturated rings. The van der Waals surface area contributed by atoms with Gasteiger partial charge in [0.1, 0.15) is 0 Å². The molecule has 0 aliphatic heterocycles. The molecule has 0 aliphatic rings. The fourth-order valence-corrected chi connectivity index (χ4v) is 2.16. The zero-order chi connectivity index (χ0) is 12.1. The van der Waals surface area contributed by atoms with E-state index in [1.165, 1.54) is 0 Å². The first-order chi connectivity index (χ1) is 8.33. The lowest BCUT2D eigenvalue weighted by atomic mass is 9.84. The summed E-state index contributed by atoms with van der Waals surface area (Å²) in [6, 6.07) is 19.5. The maximum atomic E-state index is 9.38. The predicted molar refractivity (Wildman–Crippen MR) is 67.7 cm³/mol. The molecule has 0 amide bonds. The van der Waals surface area contributed by atoms with E-state index in [9.17, 15) is 5.26 Å². The van der Waals surface area contributed by atoms with E-state index in [1.54, 1.807) is 0 Å². The molecule has 0 aliphatic carbocycles. The molecule has 17 heavy (non-hydrogen) atoms. The molecular weight excluding hydrogens is 212 g/mol. The van der Waals surface area contributed by atoms with Crippen LogP contribution >= 0.6 is 0 Å². The first kappa shape index (κ1) is 11.8. The Morgan fingerprint density at radius 3 is 1.59 bits per heavy atom. The summed E-state index contributed by atoms with van der Waals surface area (Å²) in [5, 5.41) is 9.38. The van der Waals surface area contributed by atoms with Gasteiger partial charge >= 0.3 is 0 Å². The van der Waals surface area contributed by atoms with Gasteiger partial charge in [-0.15, -0.1) is 0 Å². The molecule has 88 valence electrons. The van der Waals surface area contributed by atoms with E-state index in [0.717, 1.165) is 11.1 Å². The summed E-state index contributed by atoms with van der Waals surface area (Å²) < 4.78 is 0. The highest BCUT2D eigenvalue weighted by Crippen LogP contribution is 2.35. The minimum absolute atomic E-state index is 0.664. The summed E-state index contributed by atoms with van der Waals surface area (Å²) in [5.41, 5.74) is 1.13. The lowest BCUT2D eigenvalue weighted by Gasteiger charge is -2.30. The Hall–Kier alpha value is -1.64. The maximum absolute atomic E-state index is 9.38. The van der Waals surface area contributed by atoms with Crippen molar-refractivity contribution >= 4 is 0 Å². The summed E-state index contributed by atoms with van der Waals surface area (Å²) >= 11 is 0. The van der Waals surface area contributed by atoms with Gasteiger partial charge in [-0.3, -0.25) is 5.26 Å². The second-order valence-electron chi connectivity index (χ2n) is 4.00. The van der Waals surface area contributed by atoms with Crippen molar-refractivity contribution < 1.29 is 10.1 Å². The average molecular weight is 228 g/mol. The van der Waals surface area contributed by atoms with Crippen molar-refractivity contribution in [2.24, 2.45) is 0 Å². The molecule has 0 bridgehead atoms. The summed E-state index contributed by atoms with van der Waals surface area (Å²) in [4.78, 5) is 4.86. The minimum Gasteiger partial charge on any atom is -0.251 e. The molecule has 0 aromatic heterocycles. The van der Waals surface area contributed by atoms with Gasteiger partial charge in [0.05, 0.1) is 0 Å². The van der Waals surface area contributed by atoms with Crippen LogP contribution in [0.25, 0.3) is 0 Å². The zero-order valence-corrected chi connectivity index (χ0v) is 9.84. The van der Waals surface area contributed by atoms with Crippen LogP contribution in [-0.4, -0.2) is 5.26 Å². The van der Waals surface area contributed by atoms with Crippen LogP contribution in [0.2, 0.25) is 0 Å². The Morgan fingerprint density at radius 2 is 1.29 bits per heavy atom. The van der Waals surface area contributed by atoms with Crippen LogP contribution in [-0.2, 0) is 10.5 Å². The lowest BCUT2D eigenvalue weighted by molar-refractivity contribution is -0.316. The molecule has 2 nitrogen and oxygen atoms in total. The van der Waals surface area contributed by atoms with Gasteiger partial charge in [-0.05, 0) is 17.5 Å². The van der Waals surface area contributed by atoms with E-state index in [2.05, 4.69) is 0 Å². The smallest absolute Gasteiger partial charge is 0.153 e. The summed E-state index contributed by atoms with van der Waals surface area (Å²) in [7, 11) is 0. The van der Waals surface area contributed by atoms with E-state index >= 15 is 0 Å². The Labute approximate surface area is 101 Å². The Bertz CT molecular complexity index is 405. The van der Waals surface area contributed by atoms with E-state index in [-0.39, 0.29) is 0 Å². The van der Waals surface area contributed by atoms with Crippen LogP contribution in [0.1, 0.15) is 24.5 Å². The van der Waals surface area contributed by atoms with Crippen LogP contribution in [0.3, 0.4) is 0 Å². The highest BCUT2D eigenvalue weighted by Gasteiger charge is 2.33. The highest BCUT2D eigenvalue weighted by atomic mass is 17.1. The van der Waals surface area contributed by atoms with Gasteiger partial charge in [0.25, 0.3) is 0 Å². The van der Waals surface area contributed by atoms with Crippen molar-refractivity contribution in [2.75, 3.05) is 0 Å². The number of hydrogen-bond donors (Lipinski definition) is 1. The van der Waals surface area contributed by atoms with Gasteiger partial charge in [-0.2, -0.15) is 0 Å². The molecule has 0 unspecified atom stereocenters. The minimum atomic E-state index is -0.775. The van der Waals surface area contributed by atoms with E-state index in [1.807, 2.05) is 67.6 Å². The molecule has 2 heteroatoms. The zero-order valence-electron chi connectivity index (χ0n) is 9.84. The fourth-order valence-electron chi connectivity index (χ4n) is 2.16. The highest BCUT2D eigenvalue weighted by molar-refractivity contribution is 5.35. The normalized spacial score (nSPS) is 11.4. The topological polar surface area (TPSA) is 29.5 Å². The monoisotopic (exact) mass is 228 g/mol. The third-order valence-electron chi connectivity index (χ3n) is 3.13. The van der Waals surface area contributed by atoms with Gasteiger partial charge in [0.2, 0.25) is 0 Å². The molecule has 0 saturated heterocycles. The Balaban J connectivity index is 2.54. The molecule has 2 aromatic rings. The third-order valence-corrected chi connectivity index (χ3v) is 3.13. The third kappa shape index (κ3) is 2.09. The Kier molecular flexibility index (Phi) is 3.57. The molecule has 2 aromatic carbocycles. The van der Waals surface area contributed by atoms with Crippen LogP contribution < -0.4 is 0 Å². The molecule has 1 N–H and O–H groups in total. The van der Waals surface area contributed by atoms with E-state index < -0.39 is 5.60 Å². The molecule has 0 heterocycles. The Morgan fingerprint density at radius 1 is 0.882 bits per heavy atom. The average Bonchev–Trinajstić information content (AvgIpc) is 2.43. The molecule has 0 radical (unpaired) electrons. The van der Waals surface area contributed by atoms with Crippen LogP contribution in [0.4, 0.5) is 0 Å². The maximum Gasteiger partial charge on any atom is 0.153 e. The molecule has 0 atom stereocenters. The summed E-state index contributed by atoms with van der Waals surface area (Å²) in [6.45, 7) is 2.00. The summed E-state index contributed by atoms with van der Waals surface area (Å²) in [5.74, 6) is 0. The molecule has 0 saturated carbocycles. The van der Waals surface area contributed by atoms with E-state index in [0.29, 0.717) is 6.42 Å². The van der Waals surface area contributed by atoms with E-state index in [4.69, 9.17) is 4.89 Å². The van der Waals surface area contributed by atoms with Crippen LogP contribution in [0.5, 0.6) is 0 Å². The molecule has 2 rings (SSSR count). The second kappa shape index (κ2) is 5.13. The standard InChI is InChI=1S/C15H16O2/c1-2-15(17-16,13-9-5-3-6-10-13)14-11-7-4-8-12-14/h3-12,16H,2H2,1H3. The van der Waals surface area contributed by atoms with Crippen molar-refractivity contribution in [1.29, 1.82) is 0 Å². The largest absolute Gasteiger partial charge is 0.251 e. The van der Waals surface area contributed by atoms with Crippen LogP contribution in [0.15, 0.2) is 60.7 Å². The van der Waals surface area contributed by atoms with Gasteiger partial charge in [0, 0.05) is 0 Å². The molecular formula is C15H16O2. The first-order valence-electron chi connectivity index (χ1n) is 5.77. The number of benzene rings is 2. The predicted octanol–water partition coefficient (Wildman–Crippen LogP) is 3.83. The number of rotatable bonds is 4. The van der Waals surface area contributed by atoms with Gasteiger partial charge in [-0.1, -0.05) is 67.6 Å². The van der Waals surface area contributed by atoms with Gasteiger partial charge in [-0.25, -0.2) is 4.89 Å². The van der Waals surface area contributed by atoms with Crippen molar-refractivity contribution in [3.63, 3.8) is 0 Å². The fraction of sp³-hybridized carbons (Fsp3) is 0.200. The second-order valence-corrected chi connectivity index (χ2v) is 4.00. The van der Waals surface area contributed by atoms with Crippen molar-refractivity contribution in [3.05, 3.63) is 71.8 Å². The lowest BCUT2D eigenvalue weighted by Crippen LogP contribution is -2.29. The van der Waals surface area contributed by atoms with Crippen molar-refractivity contribution in [2.45, 2.75) is 18.9 Å². The van der Waals surface area contributed by atoms with Crippen molar-refractivity contribution in [1.82, 2.24) is 0 Å². The van der Waals surface area contributed by atoms with Crippen molar-refractivity contribution in [3.8, 4) is 0 Å². The van der Waals surface area contributed by atoms with Gasteiger partial charge < -0.3 is 0 Å². The summed E-state index contributed by atoms with van der Waals surface area (Å²) in [6.07, 6.45) is 0.664. The first-order valence-corrected chi connectivity index (χ1v) is 5.77. The molecule has 0 spiro atoms. The van der Waals surface area contributed by atoms with Crippen LogP contribution in [0, 0.1) is 0 Å². The quantitative estimate of drug-likeness (QED) is 0.636. The van der Waals surface area contributed by atoms with Gasteiger partial charge in [0.15, 0.2) is 5.60 Å². The number of hydrogen-bond acceptors (Lipinski definition) is 2. The SMILES string of the molecule is CCC(OO)(c1ccccc1)c1ccccc1.